The summed E-state index contributed by atoms with van der Waals surface area (Å²) in [5, 5.41) is 10.3. The fourth-order valence-electron chi connectivity index (χ4n) is 3.74. The molecular formula is C22H22F3N5O3S. The van der Waals surface area contributed by atoms with E-state index in [2.05, 4.69) is 14.9 Å². The van der Waals surface area contributed by atoms with Crippen LogP contribution in [0.3, 0.4) is 0 Å². The molecule has 1 amide bonds. The number of fused-ring (bicyclic) bond motifs is 1. The van der Waals surface area contributed by atoms with E-state index in [9.17, 15) is 26.4 Å². The molecule has 1 aromatic heterocycles. The van der Waals surface area contributed by atoms with E-state index in [0.717, 1.165) is 44.1 Å². The number of halogens is 3. The Hall–Kier alpha value is -3.41. The summed E-state index contributed by atoms with van der Waals surface area (Å²) in [4.78, 5) is 11.8. The predicted octanol–water partition coefficient (Wildman–Crippen LogP) is 3.76. The van der Waals surface area contributed by atoms with E-state index in [1.54, 1.807) is 29.6 Å². The van der Waals surface area contributed by atoms with Crippen molar-refractivity contribution in [3.8, 4) is 11.4 Å². The zero-order chi connectivity index (χ0) is 24.3. The summed E-state index contributed by atoms with van der Waals surface area (Å²) in [7, 11) is -4.16. The van der Waals surface area contributed by atoms with Crippen LogP contribution in [0.2, 0.25) is 0 Å². The number of alkyl halides is 3. The highest BCUT2D eigenvalue weighted by Crippen LogP contribution is 2.30. The maximum atomic E-state index is 13.1. The predicted molar refractivity (Wildman–Crippen MR) is 119 cm³/mol. The second-order valence-electron chi connectivity index (χ2n) is 7.88. The fraction of sp³-hybridized carbons (Fsp3) is 0.318. The molecule has 3 aromatic rings. The van der Waals surface area contributed by atoms with Gasteiger partial charge in [-0.2, -0.15) is 13.2 Å². The Morgan fingerprint density at radius 1 is 1.03 bits per heavy atom. The molecule has 1 aliphatic rings. The lowest BCUT2D eigenvalue weighted by molar-refractivity contribution is -0.123. The van der Waals surface area contributed by atoms with Crippen LogP contribution in [0, 0.1) is 0 Å². The quantitative estimate of drug-likeness (QED) is 0.544. The van der Waals surface area contributed by atoms with Gasteiger partial charge in [-0.3, -0.25) is 9.52 Å². The van der Waals surface area contributed by atoms with Crippen LogP contribution in [0.4, 0.5) is 18.9 Å². The number of rotatable bonds is 6. The number of carbonyl (C=O) groups excluding carboxylic acids is 1. The van der Waals surface area contributed by atoms with Crippen molar-refractivity contribution in [2.24, 2.45) is 0 Å². The van der Waals surface area contributed by atoms with Crippen molar-refractivity contribution in [1.29, 1.82) is 0 Å². The maximum Gasteiger partial charge on any atom is 0.405 e. The van der Waals surface area contributed by atoms with Gasteiger partial charge in [-0.15, -0.1) is 10.2 Å². The van der Waals surface area contributed by atoms with Crippen molar-refractivity contribution in [2.45, 2.75) is 43.3 Å². The molecular weight excluding hydrogens is 471 g/mol. The summed E-state index contributed by atoms with van der Waals surface area (Å²) >= 11 is 0. The highest BCUT2D eigenvalue weighted by atomic mass is 32.2. The molecule has 0 bridgehead atoms. The summed E-state index contributed by atoms with van der Waals surface area (Å²) in [5.41, 5.74) is 0.614. The van der Waals surface area contributed by atoms with Gasteiger partial charge in [-0.1, -0.05) is 24.6 Å². The molecule has 34 heavy (non-hydrogen) atoms. The largest absolute Gasteiger partial charge is 0.405 e. The van der Waals surface area contributed by atoms with Gasteiger partial charge in [0.15, 0.2) is 5.82 Å². The van der Waals surface area contributed by atoms with E-state index >= 15 is 0 Å². The number of anilines is 1. The Bertz CT molecular complexity index is 1310. The van der Waals surface area contributed by atoms with Gasteiger partial charge in [0, 0.05) is 24.1 Å². The average molecular weight is 494 g/mol. The summed E-state index contributed by atoms with van der Waals surface area (Å²) in [5.74, 6) is 0.374. The maximum absolute atomic E-state index is 13.1. The van der Waals surface area contributed by atoms with Crippen molar-refractivity contribution >= 4 is 21.6 Å². The number of para-hydroxylation sites is 1. The van der Waals surface area contributed by atoms with Gasteiger partial charge in [-0.05, 0) is 43.2 Å². The van der Waals surface area contributed by atoms with E-state index < -0.39 is 28.7 Å². The molecule has 2 heterocycles. The Kier molecular flexibility index (Phi) is 6.60. The summed E-state index contributed by atoms with van der Waals surface area (Å²) in [6.07, 6.45) is -0.729. The van der Waals surface area contributed by atoms with Gasteiger partial charge in [0.25, 0.3) is 15.9 Å². The number of aryl methyl sites for hydroxylation is 1. The molecule has 0 atom stereocenters. The van der Waals surface area contributed by atoms with Gasteiger partial charge >= 0.3 is 6.18 Å². The third-order valence-corrected chi connectivity index (χ3v) is 6.74. The number of benzene rings is 2. The van der Waals surface area contributed by atoms with Gasteiger partial charge < -0.3 is 9.88 Å². The molecule has 0 aliphatic carbocycles. The number of hydrogen-bond acceptors (Lipinski definition) is 5. The van der Waals surface area contributed by atoms with E-state index in [1.165, 1.54) is 18.2 Å². The second kappa shape index (κ2) is 9.45. The number of carbonyl (C=O) groups is 1. The van der Waals surface area contributed by atoms with E-state index in [-0.39, 0.29) is 16.1 Å². The van der Waals surface area contributed by atoms with Crippen molar-refractivity contribution in [3.05, 3.63) is 59.9 Å². The zero-order valence-corrected chi connectivity index (χ0v) is 18.8. The lowest BCUT2D eigenvalue weighted by atomic mass is 10.1. The lowest BCUT2D eigenvalue weighted by Gasteiger charge is -2.14. The van der Waals surface area contributed by atoms with Crippen LogP contribution in [0.25, 0.3) is 11.4 Å². The first-order chi connectivity index (χ1) is 16.1. The first-order valence-electron chi connectivity index (χ1n) is 10.6. The number of nitrogens with one attached hydrogen (secondary N) is 2. The molecule has 0 unspecified atom stereocenters. The first kappa shape index (κ1) is 23.7. The van der Waals surface area contributed by atoms with Gasteiger partial charge in [0.2, 0.25) is 0 Å². The van der Waals surface area contributed by atoms with Gasteiger partial charge in [0.1, 0.15) is 12.4 Å². The average Bonchev–Trinajstić information content (AvgIpc) is 3.04. The molecule has 2 N–H and O–H groups in total. The summed E-state index contributed by atoms with van der Waals surface area (Å²) in [6, 6.07) is 11.6. The van der Waals surface area contributed by atoms with Crippen molar-refractivity contribution in [2.75, 3.05) is 11.3 Å². The van der Waals surface area contributed by atoms with Crippen LogP contribution in [-0.4, -0.2) is 41.8 Å². The highest BCUT2D eigenvalue weighted by molar-refractivity contribution is 7.92. The Labute approximate surface area is 194 Å². The Morgan fingerprint density at radius 2 is 1.82 bits per heavy atom. The Balaban J connectivity index is 1.61. The number of hydrogen-bond donors (Lipinski definition) is 2. The van der Waals surface area contributed by atoms with E-state index in [0.29, 0.717) is 11.4 Å². The third-order valence-electron chi connectivity index (χ3n) is 5.38. The third kappa shape index (κ3) is 5.38. The normalized spacial score (nSPS) is 14.2. The van der Waals surface area contributed by atoms with Crippen LogP contribution in [0.15, 0.2) is 53.4 Å². The topological polar surface area (TPSA) is 106 Å². The number of amides is 1. The fourth-order valence-corrected chi connectivity index (χ4v) is 4.87. The van der Waals surface area contributed by atoms with Crippen LogP contribution in [0.5, 0.6) is 0 Å². The number of aromatic nitrogens is 3. The van der Waals surface area contributed by atoms with E-state index in [1.807, 2.05) is 4.57 Å². The standard InChI is InChI=1S/C22H22F3N5O3S/c23-22(24,25)14-26-21(31)15-7-6-8-16(13-15)34(32,33)29-18-10-4-3-9-17(18)20-28-27-19-11-2-1-5-12-30(19)20/h3-4,6-10,13,29H,1-2,5,11-12,14H2,(H,26,31). The van der Waals surface area contributed by atoms with Gasteiger partial charge in [-0.25, -0.2) is 8.42 Å². The van der Waals surface area contributed by atoms with Crippen LogP contribution >= 0.6 is 0 Å². The summed E-state index contributed by atoms with van der Waals surface area (Å²) in [6.45, 7) is -0.787. The molecule has 0 saturated carbocycles. The minimum Gasteiger partial charge on any atom is -0.343 e. The first-order valence-corrected chi connectivity index (χ1v) is 12.1. The molecule has 12 heteroatoms. The molecule has 0 fully saturated rings. The molecule has 0 radical (unpaired) electrons. The smallest absolute Gasteiger partial charge is 0.343 e. The number of sulfonamides is 1. The Morgan fingerprint density at radius 3 is 2.62 bits per heavy atom. The SMILES string of the molecule is O=C(NCC(F)(F)F)c1cccc(S(=O)(=O)Nc2ccccc2-c2nnc3n2CCCCC3)c1. The monoisotopic (exact) mass is 493 g/mol. The van der Waals surface area contributed by atoms with Crippen LogP contribution in [-0.2, 0) is 23.0 Å². The minimum atomic E-state index is -4.58. The van der Waals surface area contributed by atoms with Crippen LogP contribution in [0.1, 0.15) is 35.4 Å². The lowest BCUT2D eigenvalue weighted by Crippen LogP contribution is -2.33. The van der Waals surface area contributed by atoms with E-state index in [4.69, 9.17) is 0 Å². The second-order valence-corrected chi connectivity index (χ2v) is 9.56. The molecule has 1 aliphatic heterocycles. The van der Waals surface area contributed by atoms with Gasteiger partial charge in [0.05, 0.1) is 10.6 Å². The minimum absolute atomic E-state index is 0.205. The van der Waals surface area contributed by atoms with Crippen LogP contribution < -0.4 is 10.0 Å². The zero-order valence-electron chi connectivity index (χ0n) is 18.0. The molecule has 0 spiro atoms. The van der Waals surface area contributed by atoms with Crippen molar-refractivity contribution in [3.63, 3.8) is 0 Å². The molecule has 4 rings (SSSR count). The number of nitrogens with zero attached hydrogens (tertiary/aromatic N) is 3. The molecule has 180 valence electrons. The molecule has 2 aromatic carbocycles. The summed E-state index contributed by atoms with van der Waals surface area (Å²) < 4.78 is 67.9. The molecule has 0 saturated heterocycles. The van der Waals surface area contributed by atoms with Crippen molar-refractivity contribution in [1.82, 2.24) is 20.1 Å². The highest BCUT2D eigenvalue weighted by Gasteiger charge is 2.28. The molecule has 8 nitrogen and oxygen atoms in total. The van der Waals surface area contributed by atoms with Crippen molar-refractivity contribution < 1.29 is 26.4 Å².